The van der Waals surface area contributed by atoms with Crippen molar-refractivity contribution in [3.63, 3.8) is 0 Å². The van der Waals surface area contributed by atoms with Crippen molar-refractivity contribution in [2.45, 2.75) is 70.3 Å². The second-order valence-electron chi connectivity index (χ2n) is 7.81. The Balaban J connectivity index is 1.87. The molecule has 7 nitrogen and oxygen atoms in total. The largest absolute Gasteiger partial charge is 0.481 e. The summed E-state index contributed by atoms with van der Waals surface area (Å²) in [5.41, 5.74) is 0. The lowest BCUT2D eigenvalue weighted by atomic mass is 9.83. The molecule has 2 rings (SSSR count). The van der Waals surface area contributed by atoms with Crippen LogP contribution in [0.25, 0.3) is 0 Å². The number of hydrogen-bond donors (Lipinski definition) is 2. The number of sulfonamides is 1. The average molecular weight is 389 g/mol. The van der Waals surface area contributed by atoms with Gasteiger partial charge < -0.3 is 10.4 Å². The van der Waals surface area contributed by atoms with Crippen molar-refractivity contribution in [2.24, 2.45) is 11.8 Å². The van der Waals surface area contributed by atoms with Crippen molar-refractivity contribution in [2.75, 3.05) is 19.3 Å². The number of piperidine rings is 1. The van der Waals surface area contributed by atoms with Crippen molar-refractivity contribution in [1.29, 1.82) is 0 Å². The molecule has 150 valence electrons. The molecule has 8 heteroatoms. The molecule has 0 spiro atoms. The Labute approximate surface area is 156 Å². The molecule has 2 N–H and O–H groups in total. The number of amides is 1. The summed E-state index contributed by atoms with van der Waals surface area (Å²) in [6, 6.07) is -0.102. The number of nitrogens with one attached hydrogen (secondary N) is 1. The van der Waals surface area contributed by atoms with E-state index in [0.29, 0.717) is 38.3 Å². The Morgan fingerprint density at radius 2 is 1.73 bits per heavy atom. The number of nitrogens with zero attached hydrogens (tertiary/aromatic N) is 1. The molecule has 1 amide bonds. The second kappa shape index (κ2) is 9.69. The fourth-order valence-corrected chi connectivity index (χ4v) is 5.01. The van der Waals surface area contributed by atoms with E-state index >= 15 is 0 Å². The number of carbonyl (C=O) groups excluding carboxylic acids is 1. The van der Waals surface area contributed by atoms with Gasteiger partial charge in [-0.25, -0.2) is 12.7 Å². The van der Waals surface area contributed by atoms with Gasteiger partial charge in [0.15, 0.2) is 0 Å². The highest BCUT2D eigenvalue weighted by Crippen LogP contribution is 2.28. The Bertz CT molecular complexity index is 578. The van der Waals surface area contributed by atoms with Gasteiger partial charge in [0.2, 0.25) is 15.9 Å². The van der Waals surface area contributed by atoms with Gasteiger partial charge in [-0.15, -0.1) is 0 Å². The highest BCUT2D eigenvalue weighted by Gasteiger charge is 2.30. The van der Waals surface area contributed by atoms with E-state index in [0.717, 1.165) is 19.3 Å². The van der Waals surface area contributed by atoms with E-state index in [9.17, 15) is 18.0 Å². The summed E-state index contributed by atoms with van der Waals surface area (Å²) in [5.74, 6) is -0.514. The Kier molecular flexibility index (Phi) is 7.88. The van der Waals surface area contributed by atoms with E-state index in [-0.39, 0.29) is 24.3 Å². The lowest BCUT2D eigenvalue weighted by molar-refractivity contribution is -0.137. The fourth-order valence-electron chi connectivity index (χ4n) is 4.14. The Hall–Kier alpha value is -1.15. The minimum absolute atomic E-state index is 0.0515. The predicted molar refractivity (Wildman–Crippen MR) is 99.1 cm³/mol. The predicted octanol–water partition coefficient (Wildman–Crippen LogP) is 1.98. The molecule has 1 saturated carbocycles. The topological polar surface area (TPSA) is 104 Å². The molecular weight excluding hydrogens is 356 g/mol. The first-order valence-corrected chi connectivity index (χ1v) is 11.6. The van der Waals surface area contributed by atoms with Crippen LogP contribution in [0.1, 0.15) is 64.2 Å². The molecule has 1 saturated heterocycles. The van der Waals surface area contributed by atoms with Gasteiger partial charge in [-0.1, -0.05) is 32.1 Å². The maximum atomic E-state index is 12.6. The van der Waals surface area contributed by atoms with Gasteiger partial charge in [-0.2, -0.15) is 0 Å². The smallest absolute Gasteiger partial charge is 0.303 e. The molecule has 26 heavy (non-hydrogen) atoms. The van der Waals surface area contributed by atoms with E-state index < -0.39 is 16.0 Å². The van der Waals surface area contributed by atoms with Crippen LogP contribution < -0.4 is 5.32 Å². The Morgan fingerprint density at radius 3 is 2.27 bits per heavy atom. The summed E-state index contributed by atoms with van der Waals surface area (Å²) < 4.78 is 24.6. The monoisotopic (exact) mass is 388 g/mol. The van der Waals surface area contributed by atoms with Crippen LogP contribution in [-0.4, -0.2) is 55.1 Å². The molecule has 0 aromatic carbocycles. The number of carboxylic acid groups (broad SMARTS) is 1. The van der Waals surface area contributed by atoms with Crippen molar-refractivity contribution in [1.82, 2.24) is 9.62 Å². The summed E-state index contributed by atoms with van der Waals surface area (Å²) in [7, 11) is -3.20. The first-order valence-electron chi connectivity index (χ1n) is 9.73. The third kappa shape index (κ3) is 6.87. The summed E-state index contributed by atoms with van der Waals surface area (Å²) in [5, 5.41) is 12.1. The highest BCUT2D eigenvalue weighted by molar-refractivity contribution is 7.88. The minimum Gasteiger partial charge on any atom is -0.481 e. The molecule has 1 aliphatic carbocycles. The molecule has 1 heterocycles. The lowest BCUT2D eigenvalue weighted by Crippen LogP contribution is -2.45. The molecule has 0 radical (unpaired) electrons. The highest BCUT2D eigenvalue weighted by atomic mass is 32.2. The van der Waals surface area contributed by atoms with Gasteiger partial charge in [0.05, 0.1) is 6.26 Å². The number of hydrogen-bond acceptors (Lipinski definition) is 4. The average Bonchev–Trinajstić information content (AvgIpc) is 2.60. The van der Waals surface area contributed by atoms with E-state index in [1.54, 1.807) is 0 Å². The van der Waals surface area contributed by atoms with Gasteiger partial charge in [-0.05, 0) is 31.6 Å². The van der Waals surface area contributed by atoms with Crippen molar-refractivity contribution < 1.29 is 23.1 Å². The number of carbonyl (C=O) groups is 2. The lowest BCUT2D eigenvalue weighted by Gasteiger charge is -2.32. The van der Waals surface area contributed by atoms with Gasteiger partial charge in [0, 0.05) is 31.5 Å². The van der Waals surface area contributed by atoms with Crippen LogP contribution in [-0.2, 0) is 19.6 Å². The fraction of sp³-hybridized carbons (Fsp3) is 0.889. The zero-order chi connectivity index (χ0) is 19.2. The first kappa shape index (κ1) is 21.2. The van der Waals surface area contributed by atoms with Crippen LogP contribution in [0.4, 0.5) is 0 Å². The SMILES string of the molecule is CS(=O)(=O)N1CCC(C(=O)NC(CCC(=O)O)CC2CCCCC2)CC1. The van der Waals surface area contributed by atoms with Gasteiger partial charge in [0.25, 0.3) is 0 Å². The van der Waals surface area contributed by atoms with Gasteiger partial charge >= 0.3 is 5.97 Å². The van der Waals surface area contributed by atoms with Crippen molar-refractivity contribution >= 4 is 21.9 Å². The second-order valence-corrected chi connectivity index (χ2v) is 9.80. The van der Waals surface area contributed by atoms with E-state index in [1.807, 2.05) is 0 Å². The molecule has 0 aromatic heterocycles. The number of aliphatic carboxylic acids is 1. The third-order valence-electron chi connectivity index (χ3n) is 5.69. The molecule has 1 atom stereocenters. The van der Waals surface area contributed by atoms with E-state index in [1.165, 1.54) is 29.8 Å². The minimum atomic E-state index is -3.20. The summed E-state index contributed by atoms with van der Waals surface area (Å²) in [4.78, 5) is 23.6. The summed E-state index contributed by atoms with van der Waals surface area (Å²) in [6.07, 6.45) is 9.62. The molecule has 0 aromatic rings. The Morgan fingerprint density at radius 1 is 1.12 bits per heavy atom. The van der Waals surface area contributed by atoms with Crippen molar-refractivity contribution in [3.8, 4) is 0 Å². The molecular formula is C18H32N2O5S. The van der Waals surface area contributed by atoms with Crippen LogP contribution in [0.2, 0.25) is 0 Å². The zero-order valence-corrected chi connectivity index (χ0v) is 16.5. The van der Waals surface area contributed by atoms with Gasteiger partial charge in [-0.3, -0.25) is 9.59 Å². The molecule has 0 bridgehead atoms. The van der Waals surface area contributed by atoms with E-state index in [4.69, 9.17) is 5.11 Å². The maximum absolute atomic E-state index is 12.6. The summed E-state index contributed by atoms with van der Waals surface area (Å²) >= 11 is 0. The molecule has 1 unspecified atom stereocenters. The van der Waals surface area contributed by atoms with Crippen LogP contribution in [0, 0.1) is 11.8 Å². The van der Waals surface area contributed by atoms with Crippen LogP contribution in [0.15, 0.2) is 0 Å². The standard InChI is InChI=1S/C18H32N2O5S/c1-26(24,25)20-11-9-15(10-12-20)18(23)19-16(7-8-17(21)22)13-14-5-3-2-4-6-14/h14-16H,2-13H2,1H3,(H,19,23)(H,21,22). The molecule has 1 aliphatic heterocycles. The molecule has 2 aliphatic rings. The maximum Gasteiger partial charge on any atom is 0.303 e. The van der Waals surface area contributed by atoms with Crippen molar-refractivity contribution in [3.05, 3.63) is 0 Å². The summed E-state index contributed by atoms with van der Waals surface area (Å²) in [6.45, 7) is 0.749. The molecule has 2 fully saturated rings. The van der Waals surface area contributed by atoms with Crippen LogP contribution >= 0.6 is 0 Å². The van der Waals surface area contributed by atoms with Crippen LogP contribution in [0.3, 0.4) is 0 Å². The zero-order valence-electron chi connectivity index (χ0n) is 15.7. The number of carboxylic acids is 1. The third-order valence-corrected chi connectivity index (χ3v) is 6.99. The van der Waals surface area contributed by atoms with E-state index in [2.05, 4.69) is 5.32 Å². The quantitative estimate of drug-likeness (QED) is 0.662. The number of rotatable bonds is 8. The first-order chi connectivity index (χ1) is 12.3. The van der Waals surface area contributed by atoms with Crippen LogP contribution in [0.5, 0.6) is 0 Å². The van der Waals surface area contributed by atoms with Gasteiger partial charge in [0.1, 0.15) is 0 Å². The normalized spacial score (nSPS) is 22.0.